The predicted octanol–water partition coefficient (Wildman–Crippen LogP) is 5.11. The Labute approximate surface area is 215 Å². The normalized spacial score (nSPS) is 17.8. The van der Waals surface area contributed by atoms with Crippen LogP contribution >= 0.6 is 0 Å². The Balaban J connectivity index is 1.55. The van der Waals surface area contributed by atoms with E-state index in [1.54, 1.807) is 38.2 Å². The first kappa shape index (κ1) is 27.5. The van der Waals surface area contributed by atoms with Crippen molar-refractivity contribution in [2.24, 2.45) is 13.0 Å². The van der Waals surface area contributed by atoms with Crippen molar-refractivity contribution in [3.8, 4) is 0 Å². The lowest BCUT2D eigenvalue weighted by molar-refractivity contribution is -0.144. The van der Waals surface area contributed by atoms with Crippen LogP contribution in [0.2, 0.25) is 0 Å². The highest BCUT2D eigenvalue weighted by Crippen LogP contribution is 2.41. The van der Waals surface area contributed by atoms with Crippen molar-refractivity contribution in [2.45, 2.75) is 69.6 Å². The van der Waals surface area contributed by atoms with Gasteiger partial charge in [-0.3, -0.25) is 14.3 Å². The molecule has 1 aromatic carbocycles. The standard InChI is InChI=1S/C25H29F5N6O2/c1-14(32-20(37)7-11-25(28,29)30)16-3-4-17-18(13-16)34-22(33-17)21(15-5-9-24(26,27)10-6-15)35-23(38)19-8-12-31-36(19)2/h3-4,8,12-15,21H,5-7,9-11H2,1-2H3,(H,32,37)(H,33,34)(H,35,38)/t14-,21+/m1/s1. The van der Waals surface area contributed by atoms with Gasteiger partial charge in [-0.2, -0.15) is 18.3 Å². The van der Waals surface area contributed by atoms with Gasteiger partial charge in [-0.05, 0) is 49.4 Å². The van der Waals surface area contributed by atoms with Crippen LogP contribution in [0.25, 0.3) is 11.0 Å². The number of aromatic amines is 1. The quantitative estimate of drug-likeness (QED) is 0.345. The summed E-state index contributed by atoms with van der Waals surface area (Å²) in [5, 5.41) is 9.50. The SMILES string of the molecule is C[C@@H](NC(=O)CCC(F)(F)F)c1ccc2nc([C@@H](NC(=O)c3ccnn3C)C3CCC(F)(F)CC3)[nH]c2c1. The maximum absolute atomic E-state index is 13.9. The van der Waals surface area contributed by atoms with Crippen LogP contribution in [0, 0.1) is 5.92 Å². The highest BCUT2D eigenvalue weighted by Gasteiger charge is 2.39. The second-order valence-corrected chi connectivity index (χ2v) is 9.79. The van der Waals surface area contributed by atoms with Gasteiger partial charge in [0.05, 0.1) is 29.5 Å². The van der Waals surface area contributed by atoms with Crippen LogP contribution in [0.3, 0.4) is 0 Å². The summed E-state index contributed by atoms with van der Waals surface area (Å²) in [5.41, 5.74) is 2.08. The molecule has 2 atom stereocenters. The number of amides is 2. The summed E-state index contributed by atoms with van der Waals surface area (Å²) in [6.07, 6.45) is -4.97. The summed E-state index contributed by atoms with van der Waals surface area (Å²) in [6.45, 7) is 1.66. The maximum atomic E-state index is 13.9. The van der Waals surface area contributed by atoms with Crippen LogP contribution in [0.5, 0.6) is 0 Å². The van der Waals surface area contributed by atoms with Gasteiger partial charge in [0.15, 0.2) is 0 Å². The highest BCUT2D eigenvalue weighted by molar-refractivity contribution is 5.92. The average molecular weight is 541 g/mol. The molecular formula is C25H29F5N6O2. The van der Waals surface area contributed by atoms with E-state index in [1.807, 2.05) is 0 Å². The van der Waals surface area contributed by atoms with Crippen LogP contribution < -0.4 is 10.6 Å². The molecule has 3 aromatic rings. The van der Waals surface area contributed by atoms with E-state index in [-0.39, 0.29) is 31.6 Å². The molecule has 0 radical (unpaired) electrons. The second kappa shape index (κ2) is 10.7. The third-order valence-electron chi connectivity index (χ3n) is 6.91. The van der Waals surface area contributed by atoms with Crippen molar-refractivity contribution >= 4 is 22.8 Å². The number of carbonyl (C=O) groups is 2. The fourth-order valence-electron chi connectivity index (χ4n) is 4.73. The summed E-state index contributed by atoms with van der Waals surface area (Å²) in [5.74, 6) is -3.74. The summed E-state index contributed by atoms with van der Waals surface area (Å²) in [7, 11) is 1.62. The third kappa shape index (κ3) is 6.67. The number of carbonyl (C=O) groups excluding carboxylic acids is 2. The van der Waals surface area contributed by atoms with E-state index in [4.69, 9.17) is 0 Å². The molecule has 2 aromatic heterocycles. The van der Waals surface area contributed by atoms with E-state index in [2.05, 4.69) is 25.7 Å². The Morgan fingerprint density at radius 1 is 1.18 bits per heavy atom. The number of alkyl halides is 5. The lowest BCUT2D eigenvalue weighted by Crippen LogP contribution is -2.38. The molecule has 2 amide bonds. The number of halogens is 5. The molecule has 0 saturated heterocycles. The predicted molar refractivity (Wildman–Crippen MR) is 128 cm³/mol. The smallest absolute Gasteiger partial charge is 0.350 e. The second-order valence-electron chi connectivity index (χ2n) is 9.79. The summed E-state index contributed by atoms with van der Waals surface area (Å²) < 4.78 is 66.4. The first-order chi connectivity index (χ1) is 17.8. The molecule has 1 aliphatic carbocycles. The van der Waals surface area contributed by atoms with Crippen LogP contribution in [-0.2, 0) is 11.8 Å². The summed E-state index contributed by atoms with van der Waals surface area (Å²) >= 11 is 0. The summed E-state index contributed by atoms with van der Waals surface area (Å²) in [6, 6.07) is 5.44. The number of H-pyrrole nitrogens is 1. The maximum Gasteiger partial charge on any atom is 0.389 e. The monoisotopic (exact) mass is 540 g/mol. The molecule has 0 unspecified atom stereocenters. The van der Waals surface area contributed by atoms with Crippen LogP contribution in [0.1, 0.15) is 79.4 Å². The highest BCUT2D eigenvalue weighted by atomic mass is 19.4. The number of imidazole rings is 1. The first-order valence-corrected chi connectivity index (χ1v) is 12.3. The molecule has 1 aliphatic rings. The largest absolute Gasteiger partial charge is 0.389 e. The Kier molecular flexibility index (Phi) is 7.75. The van der Waals surface area contributed by atoms with Crippen LogP contribution in [0.4, 0.5) is 22.0 Å². The van der Waals surface area contributed by atoms with Crippen molar-refractivity contribution < 1.29 is 31.5 Å². The number of hydrogen-bond acceptors (Lipinski definition) is 4. The fraction of sp³-hybridized carbons (Fsp3) is 0.520. The van der Waals surface area contributed by atoms with E-state index >= 15 is 0 Å². The zero-order valence-electron chi connectivity index (χ0n) is 20.9. The van der Waals surface area contributed by atoms with Crippen LogP contribution in [0.15, 0.2) is 30.5 Å². The van der Waals surface area contributed by atoms with Gasteiger partial charge in [-0.15, -0.1) is 0 Å². The van der Waals surface area contributed by atoms with Gasteiger partial charge >= 0.3 is 6.18 Å². The number of nitrogens with zero attached hydrogens (tertiary/aromatic N) is 3. The molecule has 3 N–H and O–H groups in total. The Hall–Kier alpha value is -3.51. The molecule has 0 spiro atoms. The Morgan fingerprint density at radius 3 is 2.53 bits per heavy atom. The van der Waals surface area contributed by atoms with Crippen molar-refractivity contribution in [1.82, 2.24) is 30.4 Å². The Morgan fingerprint density at radius 2 is 1.89 bits per heavy atom. The van der Waals surface area contributed by atoms with Crippen molar-refractivity contribution in [3.05, 3.63) is 47.5 Å². The molecule has 1 saturated carbocycles. The van der Waals surface area contributed by atoms with Gasteiger partial charge in [0, 0.05) is 32.5 Å². The molecule has 2 heterocycles. The van der Waals surface area contributed by atoms with Crippen molar-refractivity contribution in [2.75, 3.05) is 0 Å². The zero-order chi connectivity index (χ0) is 27.7. The number of nitrogens with one attached hydrogen (secondary N) is 3. The lowest BCUT2D eigenvalue weighted by Gasteiger charge is -2.33. The molecule has 13 heteroatoms. The number of benzene rings is 1. The number of fused-ring (bicyclic) bond motifs is 1. The van der Waals surface area contributed by atoms with E-state index < -0.39 is 48.8 Å². The van der Waals surface area contributed by atoms with E-state index in [9.17, 15) is 31.5 Å². The molecule has 4 rings (SSSR count). The minimum Gasteiger partial charge on any atom is -0.350 e. The molecule has 206 valence electrons. The molecule has 38 heavy (non-hydrogen) atoms. The first-order valence-electron chi connectivity index (χ1n) is 12.3. The third-order valence-corrected chi connectivity index (χ3v) is 6.91. The fourth-order valence-corrected chi connectivity index (χ4v) is 4.73. The number of aryl methyl sites for hydroxylation is 1. The number of rotatable bonds is 8. The van der Waals surface area contributed by atoms with Gasteiger partial charge in [-0.1, -0.05) is 6.07 Å². The minimum absolute atomic E-state index is 0.201. The molecular weight excluding hydrogens is 511 g/mol. The van der Waals surface area contributed by atoms with Gasteiger partial charge in [0.1, 0.15) is 11.5 Å². The van der Waals surface area contributed by atoms with Crippen molar-refractivity contribution in [3.63, 3.8) is 0 Å². The number of hydrogen-bond donors (Lipinski definition) is 3. The minimum atomic E-state index is -4.41. The van der Waals surface area contributed by atoms with Gasteiger partial charge in [0.25, 0.3) is 5.91 Å². The molecule has 0 bridgehead atoms. The van der Waals surface area contributed by atoms with E-state index in [0.29, 0.717) is 28.1 Å². The van der Waals surface area contributed by atoms with E-state index in [0.717, 1.165) is 0 Å². The van der Waals surface area contributed by atoms with Gasteiger partial charge < -0.3 is 15.6 Å². The average Bonchev–Trinajstić information content (AvgIpc) is 3.46. The number of aromatic nitrogens is 4. The summed E-state index contributed by atoms with van der Waals surface area (Å²) in [4.78, 5) is 32.7. The topological polar surface area (TPSA) is 105 Å². The van der Waals surface area contributed by atoms with Gasteiger partial charge in [0.2, 0.25) is 11.8 Å². The Bertz CT molecular complexity index is 1290. The molecule has 8 nitrogen and oxygen atoms in total. The van der Waals surface area contributed by atoms with E-state index in [1.165, 1.54) is 10.9 Å². The van der Waals surface area contributed by atoms with Crippen molar-refractivity contribution in [1.29, 1.82) is 0 Å². The zero-order valence-corrected chi connectivity index (χ0v) is 20.9. The van der Waals surface area contributed by atoms with Gasteiger partial charge in [-0.25, -0.2) is 13.8 Å². The molecule has 1 fully saturated rings. The lowest BCUT2D eigenvalue weighted by atomic mass is 9.81. The molecule has 0 aliphatic heterocycles. The van der Waals surface area contributed by atoms with Crippen LogP contribution in [-0.4, -0.2) is 43.7 Å².